The molecule has 4 nitrogen and oxygen atoms in total. The van der Waals surface area contributed by atoms with Gasteiger partial charge in [0.1, 0.15) is 0 Å². The summed E-state index contributed by atoms with van der Waals surface area (Å²) in [6, 6.07) is 16.2. The molecule has 4 heteroatoms. The third-order valence-electron chi connectivity index (χ3n) is 4.80. The van der Waals surface area contributed by atoms with E-state index < -0.39 is 0 Å². The van der Waals surface area contributed by atoms with E-state index in [-0.39, 0.29) is 12.5 Å². The lowest BCUT2D eigenvalue weighted by Crippen LogP contribution is -2.32. The van der Waals surface area contributed by atoms with E-state index in [9.17, 15) is 4.79 Å². The Morgan fingerprint density at radius 3 is 2.24 bits per heavy atom. The van der Waals surface area contributed by atoms with E-state index in [0.717, 1.165) is 30.4 Å². The molecule has 1 amide bonds. The third kappa shape index (κ3) is 4.99. The number of rotatable bonds is 5. The highest BCUT2D eigenvalue weighted by Crippen LogP contribution is 2.24. The highest BCUT2D eigenvalue weighted by molar-refractivity contribution is 5.93. The van der Waals surface area contributed by atoms with Gasteiger partial charge in [0.2, 0.25) is 5.91 Å². The van der Waals surface area contributed by atoms with E-state index in [0.29, 0.717) is 0 Å². The van der Waals surface area contributed by atoms with Crippen LogP contribution in [0.3, 0.4) is 0 Å². The van der Waals surface area contributed by atoms with Crippen LogP contribution in [0.2, 0.25) is 0 Å². The third-order valence-corrected chi connectivity index (χ3v) is 4.80. The fraction of sp³-hybridized carbons (Fsp3) is 0.381. The van der Waals surface area contributed by atoms with E-state index in [1.165, 1.54) is 24.1 Å². The second-order valence-corrected chi connectivity index (χ2v) is 6.98. The molecule has 1 aliphatic rings. The van der Waals surface area contributed by atoms with Gasteiger partial charge in [0.15, 0.2) is 0 Å². The molecule has 3 rings (SSSR count). The van der Waals surface area contributed by atoms with Gasteiger partial charge in [0, 0.05) is 30.2 Å². The first-order chi connectivity index (χ1) is 12.1. The Balaban J connectivity index is 1.48. The summed E-state index contributed by atoms with van der Waals surface area (Å²) in [5, 5.41) is 6.08. The quantitative estimate of drug-likeness (QED) is 0.856. The molecule has 0 aromatic heterocycles. The molecule has 0 aliphatic carbocycles. The second-order valence-electron chi connectivity index (χ2n) is 6.98. The average molecular weight is 337 g/mol. The predicted octanol–water partition coefficient (Wildman–Crippen LogP) is 4.28. The van der Waals surface area contributed by atoms with Gasteiger partial charge in [-0.05, 0) is 62.1 Å². The Morgan fingerprint density at radius 2 is 1.60 bits per heavy atom. The van der Waals surface area contributed by atoms with Crippen molar-refractivity contribution in [2.45, 2.75) is 26.7 Å². The van der Waals surface area contributed by atoms with Crippen LogP contribution in [-0.2, 0) is 4.79 Å². The van der Waals surface area contributed by atoms with E-state index >= 15 is 0 Å². The summed E-state index contributed by atoms with van der Waals surface area (Å²) >= 11 is 0. The molecule has 1 fully saturated rings. The van der Waals surface area contributed by atoms with E-state index in [1.54, 1.807) is 0 Å². The van der Waals surface area contributed by atoms with Crippen molar-refractivity contribution in [2.75, 3.05) is 35.2 Å². The number of nitrogens with zero attached hydrogens (tertiary/aromatic N) is 1. The maximum atomic E-state index is 12.0. The Hall–Kier alpha value is -2.49. The number of amides is 1. The molecule has 25 heavy (non-hydrogen) atoms. The normalized spacial score (nSPS) is 15.0. The fourth-order valence-corrected chi connectivity index (χ4v) is 3.08. The van der Waals surface area contributed by atoms with Gasteiger partial charge in [-0.2, -0.15) is 0 Å². The van der Waals surface area contributed by atoms with Crippen LogP contribution < -0.4 is 15.5 Å². The van der Waals surface area contributed by atoms with Crippen molar-refractivity contribution in [1.29, 1.82) is 0 Å². The number of piperidine rings is 1. The Labute approximate surface area is 150 Å². The number of anilines is 3. The summed E-state index contributed by atoms with van der Waals surface area (Å²) < 4.78 is 0. The number of benzene rings is 2. The molecule has 0 atom stereocenters. The Kier molecular flexibility index (Phi) is 5.59. The zero-order valence-electron chi connectivity index (χ0n) is 15.1. The molecule has 1 saturated heterocycles. The number of nitrogens with one attached hydrogen (secondary N) is 2. The largest absolute Gasteiger partial charge is 0.376 e. The van der Waals surface area contributed by atoms with Gasteiger partial charge in [0.25, 0.3) is 0 Å². The highest BCUT2D eigenvalue weighted by atomic mass is 16.1. The zero-order chi connectivity index (χ0) is 17.6. The lowest BCUT2D eigenvalue weighted by atomic mass is 9.99. The van der Waals surface area contributed by atoms with E-state index in [2.05, 4.69) is 34.6 Å². The predicted molar refractivity (Wildman–Crippen MR) is 105 cm³/mol. The van der Waals surface area contributed by atoms with Crippen molar-refractivity contribution in [3.05, 3.63) is 54.1 Å². The average Bonchev–Trinajstić information content (AvgIpc) is 2.63. The molecule has 0 saturated carbocycles. The summed E-state index contributed by atoms with van der Waals surface area (Å²) in [4.78, 5) is 14.5. The van der Waals surface area contributed by atoms with Crippen molar-refractivity contribution >= 4 is 23.0 Å². The van der Waals surface area contributed by atoms with Gasteiger partial charge in [-0.3, -0.25) is 4.79 Å². The van der Waals surface area contributed by atoms with Crippen LogP contribution in [0.5, 0.6) is 0 Å². The molecule has 0 spiro atoms. The van der Waals surface area contributed by atoms with Crippen LogP contribution in [0.4, 0.5) is 17.1 Å². The Bertz CT molecular complexity index is 686. The maximum Gasteiger partial charge on any atom is 0.243 e. The molecule has 2 aromatic carbocycles. The molecule has 0 radical (unpaired) electrons. The van der Waals surface area contributed by atoms with Crippen molar-refractivity contribution in [3.8, 4) is 0 Å². The van der Waals surface area contributed by atoms with Gasteiger partial charge < -0.3 is 15.5 Å². The lowest BCUT2D eigenvalue weighted by Gasteiger charge is -2.32. The van der Waals surface area contributed by atoms with Crippen molar-refractivity contribution in [1.82, 2.24) is 0 Å². The summed E-state index contributed by atoms with van der Waals surface area (Å²) in [5.41, 5.74) is 4.24. The number of aryl methyl sites for hydroxylation is 1. The number of carbonyl (C=O) groups excluding carboxylic acids is 1. The summed E-state index contributed by atoms with van der Waals surface area (Å²) in [5.74, 6) is 0.794. The van der Waals surface area contributed by atoms with Crippen LogP contribution in [0, 0.1) is 12.8 Å². The first-order valence-corrected chi connectivity index (χ1v) is 9.05. The van der Waals surface area contributed by atoms with Crippen LogP contribution in [0.1, 0.15) is 25.3 Å². The molecule has 2 aromatic rings. The SMILES string of the molecule is Cc1ccc(NC(=O)CNc2ccc(N3CCC(C)CC3)cc2)cc1. The lowest BCUT2D eigenvalue weighted by molar-refractivity contribution is -0.114. The molecular formula is C21H27N3O. The van der Waals surface area contributed by atoms with E-state index in [4.69, 9.17) is 0 Å². The van der Waals surface area contributed by atoms with Crippen molar-refractivity contribution < 1.29 is 4.79 Å². The van der Waals surface area contributed by atoms with Gasteiger partial charge in [0.05, 0.1) is 6.54 Å². The Morgan fingerprint density at radius 1 is 1.00 bits per heavy atom. The fourth-order valence-electron chi connectivity index (χ4n) is 3.08. The van der Waals surface area contributed by atoms with Crippen LogP contribution in [0.25, 0.3) is 0 Å². The van der Waals surface area contributed by atoms with Crippen LogP contribution in [0.15, 0.2) is 48.5 Å². The monoisotopic (exact) mass is 337 g/mol. The van der Waals surface area contributed by atoms with Crippen molar-refractivity contribution in [3.63, 3.8) is 0 Å². The molecule has 0 bridgehead atoms. The molecule has 132 valence electrons. The maximum absolute atomic E-state index is 12.0. The first kappa shape index (κ1) is 17.3. The van der Waals surface area contributed by atoms with Crippen LogP contribution in [-0.4, -0.2) is 25.5 Å². The summed E-state index contributed by atoms with van der Waals surface area (Å²) in [7, 11) is 0. The standard InChI is InChI=1S/C21H27N3O/c1-16-3-5-19(6-4-16)23-21(25)15-22-18-7-9-20(10-8-18)24-13-11-17(2)12-14-24/h3-10,17,22H,11-15H2,1-2H3,(H,23,25). The summed E-state index contributed by atoms with van der Waals surface area (Å²) in [6.07, 6.45) is 2.53. The molecule has 2 N–H and O–H groups in total. The number of carbonyl (C=O) groups is 1. The minimum absolute atomic E-state index is 0.0436. The molecular weight excluding hydrogens is 310 g/mol. The van der Waals surface area contributed by atoms with Gasteiger partial charge in [-0.25, -0.2) is 0 Å². The van der Waals surface area contributed by atoms with Crippen LogP contribution >= 0.6 is 0 Å². The summed E-state index contributed by atoms with van der Waals surface area (Å²) in [6.45, 7) is 6.88. The smallest absolute Gasteiger partial charge is 0.243 e. The number of hydrogen-bond acceptors (Lipinski definition) is 3. The van der Waals surface area contributed by atoms with Crippen molar-refractivity contribution in [2.24, 2.45) is 5.92 Å². The molecule has 1 aliphatic heterocycles. The second kappa shape index (κ2) is 8.06. The topological polar surface area (TPSA) is 44.4 Å². The number of hydrogen-bond donors (Lipinski definition) is 2. The van der Waals surface area contributed by atoms with Gasteiger partial charge in [-0.1, -0.05) is 24.6 Å². The first-order valence-electron chi connectivity index (χ1n) is 9.05. The van der Waals surface area contributed by atoms with E-state index in [1.807, 2.05) is 43.3 Å². The minimum atomic E-state index is -0.0436. The van der Waals surface area contributed by atoms with Gasteiger partial charge >= 0.3 is 0 Å². The van der Waals surface area contributed by atoms with Gasteiger partial charge in [-0.15, -0.1) is 0 Å². The highest BCUT2D eigenvalue weighted by Gasteiger charge is 2.15. The molecule has 0 unspecified atom stereocenters. The zero-order valence-corrected chi connectivity index (χ0v) is 15.1. The minimum Gasteiger partial charge on any atom is -0.376 e. The molecule has 1 heterocycles.